The molecule has 4 heteroatoms. The van der Waals surface area contributed by atoms with Crippen LogP contribution in [-0.2, 0) is 4.79 Å². The number of hydrogen-bond acceptors (Lipinski definition) is 3. The van der Waals surface area contributed by atoms with Crippen molar-refractivity contribution < 1.29 is 4.79 Å². The Morgan fingerprint density at radius 3 is 2.71 bits per heavy atom. The van der Waals surface area contributed by atoms with Crippen molar-refractivity contribution in [1.82, 2.24) is 5.32 Å². The van der Waals surface area contributed by atoms with Gasteiger partial charge < -0.3 is 16.0 Å². The van der Waals surface area contributed by atoms with Crippen LogP contribution < -0.4 is 16.0 Å². The molecule has 4 nitrogen and oxygen atoms in total. The van der Waals surface area contributed by atoms with Crippen molar-refractivity contribution in [2.45, 2.75) is 20.8 Å². The molecule has 0 atom stereocenters. The molecule has 0 unspecified atom stereocenters. The Hall–Kier alpha value is -1.71. The molecule has 0 aliphatic carbocycles. The highest BCUT2D eigenvalue weighted by Crippen LogP contribution is 2.20. The molecule has 0 bridgehead atoms. The first kappa shape index (κ1) is 13.4. The van der Waals surface area contributed by atoms with Gasteiger partial charge in [-0.05, 0) is 37.6 Å². The maximum absolute atomic E-state index is 10.8. The van der Waals surface area contributed by atoms with E-state index in [0.29, 0.717) is 6.54 Å². The minimum Gasteiger partial charge on any atom is -0.399 e. The number of rotatable bonds is 5. The molecule has 1 aromatic rings. The van der Waals surface area contributed by atoms with Crippen molar-refractivity contribution in [2.24, 2.45) is 0 Å². The summed E-state index contributed by atoms with van der Waals surface area (Å²) in [5.41, 5.74) is 8.83. The Bertz CT molecular complexity index is 390. The summed E-state index contributed by atoms with van der Waals surface area (Å²) in [5, 5.41) is 2.80. The third kappa shape index (κ3) is 3.98. The summed E-state index contributed by atoms with van der Waals surface area (Å²) < 4.78 is 0. The zero-order valence-electron chi connectivity index (χ0n) is 10.8. The van der Waals surface area contributed by atoms with E-state index in [1.807, 2.05) is 19.1 Å². The monoisotopic (exact) mass is 235 g/mol. The predicted molar refractivity (Wildman–Crippen MR) is 72.2 cm³/mol. The van der Waals surface area contributed by atoms with Crippen molar-refractivity contribution in [2.75, 3.05) is 30.3 Å². The number of nitrogens with zero attached hydrogens (tertiary/aromatic N) is 1. The number of carbonyl (C=O) groups excluding carboxylic acids is 1. The highest BCUT2D eigenvalue weighted by atomic mass is 16.1. The molecule has 0 aliphatic rings. The first-order valence-corrected chi connectivity index (χ1v) is 5.90. The molecule has 94 valence electrons. The van der Waals surface area contributed by atoms with Gasteiger partial charge in [-0.25, -0.2) is 0 Å². The second kappa shape index (κ2) is 6.13. The molecular formula is C13H21N3O. The van der Waals surface area contributed by atoms with Crippen molar-refractivity contribution in [1.29, 1.82) is 0 Å². The highest BCUT2D eigenvalue weighted by Gasteiger charge is 2.05. The first-order chi connectivity index (χ1) is 8.04. The van der Waals surface area contributed by atoms with Gasteiger partial charge in [0.2, 0.25) is 5.91 Å². The van der Waals surface area contributed by atoms with E-state index in [1.54, 1.807) is 0 Å². The lowest BCUT2D eigenvalue weighted by molar-refractivity contribution is -0.118. The zero-order valence-corrected chi connectivity index (χ0v) is 10.8. The Morgan fingerprint density at radius 1 is 1.47 bits per heavy atom. The molecule has 0 spiro atoms. The average Bonchev–Trinajstić information content (AvgIpc) is 2.28. The summed E-state index contributed by atoms with van der Waals surface area (Å²) in [6.07, 6.45) is 0. The largest absolute Gasteiger partial charge is 0.399 e. The number of aryl methyl sites for hydroxylation is 1. The maximum atomic E-state index is 10.8. The molecule has 0 aliphatic heterocycles. The van der Waals surface area contributed by atoms with Crippen LogP contribution in [-0.4, -0.2) is 25.5 Å². The maximum Gasteiger partial charge on any atom is 0.216 e. The molecule has 0 radical (unpaired) electrons. The number of likely N-dealkylation sites (N-methyl/N-ethyl adjacent to an activating group) is 1. The number of anilines is 2. The summed E-state index contributed by atoms with van der Waals surface area (Å²) >= 11 is 0. The molecule has 0 fully saturated rings. The fraction of sp³-hybridized carbons (Fsp3) is 0.462. The minimum absolute atomic E-state index is 0.00883. The smallest absolute Gasteiger partial charge is 0.216 e. The Morgan fingerprint density at radius 2 is 2.18 bits per heavy atom. The molecule has 1 aromatic carbocycles. The van der Waals surface area contributed by atoms with E-state index in [4.69, 9.17) is 5.73 Å². The number of carbonyl (C=O) groups is 1. The Balaban J connectivity index is 2.65. The lowest BCUT2D eigenvalue weighted by atomic mass is 10.1. The van der Waals surface area contributed by atoms with Crippen LogP contribution in [0.4, 0.5) is 11.4 Å². The van der Waals surface area contributed by atoms with E-state index in [0.717, 1.165) is 30.0 Å². The highest BCUT2D eigenvalue weighted by molar-refractivity contribution is 5.72. The van der Waals surface area contributed by atoms with Gasteiger partial charge in [-0.15, -0.1) is 0 Å². The van der Waals surface area contributed by atoms with Crippen molar-refractivity contribution >= 4 is 17.3 Å². The molecule has 0 saturated heterocycles. The van der Waals surface area contributed by atoms with Crippen LogP contribution >= 0.6 is 0 Å². The van der Waals surface area contributed by atoms with Gasteiger partial charge in [-0.1, -0.05) is 0 Å². The van der Waals surface area contributed by atoms with Gasteiger partial charge in [-0.2, -0.15) is 0 Å². The van der Waals surface area contributed by atoms with E-state index in [-0.39, 0.29) is 5.91 Å². The van der Waals surface area contributed by atoms with Gasteiger partial charge in [0.1, 0.15) is 0 Å². The van der Waals surface area contributed by atoms with Crippen LogP contribution in [0.25, 0.3) is 0 Å². The van der Waals surface area contributed by atoms with Gasteiger partial charge in [0.25, 0.3) is 0 Å². The third-order valence-corrected chi connectivity index (χ3v) is 2.76. The number of amides is 1. The lowest BCUT2D eigenvalue weighted by Gasteiger charge is -2.23. The predicted octanol–water partition coefficient (Wildman–Crippen LogP) is 1.54. The van der Waals surface area contributed by atoms with Crippen molar-refractivity contribution in [3.05, 3.63) is 23.8 Å². The summed E-state index contributed by atoms with van der Waals surface area (Å²) in [6.45, 7) is 8.00. The quantitative estimate of drug-likeness (QED) is 0.761. The molecule has 0 heterocycles. The van der Waals surface area contributed by atoms with Crippen molar-refractivity contribution in [3.8, 4) is 0 Å². The van der Waals surface area contributed by atoms with E-state index < -0.39 is 0 Å². The molecule has 1 rings (SSSR count). The van der Waals surface area contributed by atoms with Gasteiger partial charge in [-0.3, -0.25) is 4.79 Å². The van der Waals surface area contributed by atoms with Crippen LogP contribution in [0.5, 0.6) is 0 Å². The number of benzene rings is 1. The second-order valence-corrected chi connectivity index (χ2v) is 4.10. The third-order valence-electron chi connectivity index (χ3n) is 2.76. The van der Waals surface area contributed by atoms with Crippen LogP contribution in [0.15, 0.2) is 18.2 Å². The number of nitrogen functional groups attached to an aromatic ring is 1. The number of nitrogens with one attached hydrogen (secondary N) is 1. The molecular weight excluding hydrogens is 214 g/mol. The number of hydrogen-bond donors (Lipinski definition) is 2. The molecule has 0 aromatic heterocycles. The van der Waals surface area contributed by atoms with Crippen LogP contribution in [0, 0.1) is 6.92 Å². The summed E-state index contributed by atoms with van der Waals surface area (Å²) in [6, 6.07) is 6.01. The SMILES string of the molecule is CCN(CCNC(C)=O)c1ccc(N)c(C)c1. The summed E-state index contributed by atoms with van der Waals surface area (Å²) in [5.74, 6) is 0.00883. The van der Waals surface area contributed by atoms with Gasteiger partial charge in [0, 0.05) is 37.9 Å². The van der Waals surface area contributed by atoms with Gasteiger partial charge in [0.15, 0.2) is 0 Å². The van der Waals surface area contributed by atoms with E-state index in [2.05, 4.69) is 23.2 Å². The van der Waals surface area contributed by atoms with E-state index in [1.165, 1.54) is 6.92 Å². The summed E-state index contributed by atoms with van der Waals surface area (Å²) in [7, 11) is 0. The minimum atomic E-state index is 0.00883. The fourth-order valence-electron chi connectivity index (χ4n) is 1.69. The molecule has 17 heavy (non-hydrogen) atoms. The van der Waals surface area contributed by atoms with Gasteiger partial charge in [0.05, 0.1) is 0 Å². The Kier molecular flexibility index (Phi) is 4.82. The van der Waals surface area contributed by atoms with E-state index in [9.17, 15) is 4.79 Å². The van der Waals surface area contributed by atoms with Crippen molar-refractivity contribution in [3.63, 3.8) is 0 Å². The molecule has 1 amide bonds. The van der Waals surface area contributed by atoms with E-state index >= 15 is 0 Å². The molecule has 3 N–H and O–H groups in total. The normalized spacial score (nSPS) is 10.1. The average molecular weight is 235 g/mol. The summed E-state index contributed by atoms with van der Waals surface area (Å²) in [4.78, 5) is 13.0. The first-order valence-electron chi connectivity index (χ1n) is 5.90. The fourth-order valence-corrected chi connectivity index (χ4v) is 1.69. The zero-order chi connectivity index (χ0) is 12.8. The van der Waals surface area contributed by atoms with Crippen LogP contribution in [0.1, 0.15) is 19.4 Å². The Labute approximate surface area is 103 Å². The number of nitrogens with two attached hydrogens (primary N) is 1. The van der Waals surface area contributed by atoms with Gasteiger partial charge >= 0.3 is 0 Å². The topological polar surface area (TPSA) is 58.4 Å². The lowest BCUT2D eigenvalue weighted by Crippen LogP contribution is -2.33. The van der Waals surface area contributed by atoms with Crippen LogP contribution in [0.3, 0.4) is 0 Å². The molecule has 0 saturated carbocycles. The standard InChI is InChI=1S/C13H21N3O/c1-4-16(8-7-15-11(3)17)12-5-6-13(14)10(2)9-12/h5-6,9H,4,7-8,14H2,1-3H3,(H,15,17). The van der Waals surface area contributed by atoms with Crippen LogP contribution in [0.2, 0.25) is 0 Å². The second-order valence-electron chi connectivity index (χ2n) is 4.10.